The predicted octanol–water partition coefficient (Wildman–Crippen LogP) is 4.29. The minimum absolute atomic E-state index is 0.0923. The Hall–Kier alpha value is -2.60. The minimum Gasteiger partial charge on any atom is -0.497 e. The molecule has 3 aromatic rings. The minimum atomic E-state index is -0.246. The van der Waals surface area contributed by atoms with Gasteiger partial charge in [0.1, 0.15) is 5.75 Å². The molecule has 5 nitrogen and oxygen atoms in total. The highest BCUT2D eigenvalue weighted by Crippen LogP contribution is 2.26. The first kappa shape index (κ1) is 16.3. The highest BCUT2D eigenvalue weighted by atomic mass is 32.1. The summed E-state index contributed by atoms with van der Waals surface area (Å²) in [4.78, 5) is 13.4. The Morgan fingerprint density at radius 1 is 1.33 bits per heavy atom. The molecule has 124 valence electrons. The number of carbonyl (C=O) groups is 1. The summed E-state index contributed by atoms with van der Waals surface area (Å²) in [6.07, 6.45) is 0.772. The molecular formula is C18H18N2O3S. The Bertz CT molecular complexity index is 794. The van der Waals surface area contributed by atoms with Crippen molar-refractivity contribution in [2.45, 2.75) is 19.4 Å². The van der Waals surface area contributed by atoms with E-state index in [1.54, 1.807) is 24.5 Å². The fourth-order valence-corrected chi connectivity index (χ4v) is 3.08. The molecule has 1 amide bonds. The number of amides is 1. The van der Waals surface area contributed by atoms with Crippen LogP contribution in [-0.2, 0) is 0 Å². The first-order chi connectivity index (χ1) is 11.7. The van der Waals surface area contributed by atoms with Gasteiger partial charge in [-0.2, -0.15) is 0 Å². The predicted molar refractivity (Wildman–Crippen MR) is 93.3 cm³/mol. The lowest BCUT2D eigenvalue weighted by Crippen LogP contribution is -2.28. The molecule has 0 bridgehead atoms. The highest BCUT2D eigenvalue weighted by Gasteiger charge is 2.18. The molecule has 0 saturated heterocycles. The van der Waals surface area contributed by atoms with Gasteiger partial charge in [-0.15, -0.1) is 11.3 Å². The summed E-state index contributed by atoms with van der Waals surface area (Å²) in [5.74, 6) is 1.15. The van der Waals surface area contributed by atoms with Crippen molar-refractivity contribution < 1.29 is 14.1 Å². The van der Waals surface area contributed by atoms with Gasteiger partial charge in [-0.3, -0.25) is 4.79 Å². The molecule has 6 heteroatoms. The van der Waals surface area contributed by atoms with E-state index in [0.717, 1.165) is 22.6 Å². The molecule has 24 heavy (non-hydrogen) atoms. The van der Waals surface area contributed by atoms with Crippen molar-refractivity contribution in [3.8, 4) is 16.4 Å². The third kappa shape index (κ3) is 3.49. The lowest BCUT2D eigenvalue weighted by molar-refractivity contribution is 0.0926. The smallest absolute Gasteiger partial charge is 0.273 e. The van der Waals surface area contributed by atoms with Gasteiger partial charge < -0.3 is 14.6 Å². The van der Waals surface area contributed by atoms with Crippen LogP contribution in [0, 0.1) is 0 Å². The summed E-state index contributed by atoms with van der Waals surface area (Å²) < 4.78 is 10.4. The van der Waals surface area contributed by atoms with E-state index in [1.165, 1.54) is 0 Å². The molecule has 0 spiro atoms. The van der Waals surface area contributed by atoms with Crippen LogP contribution in [0.4, 0.5) is 0 Å². The van der Waals surface area contributed by atoms with Crippen LogP contribution in [0.5, 0.6) is 5.75 Å². The lowest BCUT2D eigenvalue weighted by Gasteiger charge is -2.17. The average Bonchev–Trinajstić information content (AvgIpc) is 3.30. The largest absolute Gasteiger partial charge is 0.497 e. The number of thiophene rings is 1. The van der Waals surface area contributed by atoms with Crippen molar-refractivity contribution >= 4 is 17.2 Å². The van der Waals surface area contributed by atoms with Gasteiger partial charge in [-0.1, -0.05) is 30.3 Å². The number of rotatable bonds is 6. The van der Waals surface area contributed by atoms with Gasteiger partial charge in [0.2, 0.25) is 0 Å². The normalized spacial score (nSPS) is 11.9. The summed E-state index contributed by atoms with van der Waals surface area (Å²) in [6, 6.07) is 13.1. The second kappa shape index (κ2) is 7.31. The Kier molecular flexibility index (Phi) is 4.96. The Morgan fingerprint density at radius 3 is 2.75 bits per heavy atom. The highest BCUT2D eigenvalue weighted by molar-refractivity contribution is 7.13. The van der Waals surface area contributed by atoms with Crippen LogP contribution in [0.2, 0.25) is 0 Å². The topological polar surface area (TPSA) is 64.4 Å². The van der Waals surface area contributed by atoms with Crippen molar-refractivity contribution in [2.24, 2.45) is 0 Å². The van der Waals surface area contributed by atoms with Gasteiger partial charge in [-0.05, 0) is 35.6 Å². The van der Waals surface area contributed by atoms with Crippen molar-refractivity contribution in [3.05, 3.63) is 59.1 Å². The van der Waals surface area contributed by atoms with Crippen LogP contribution in [0.25, 0.3) is 10.6 Å². The SMILES string of the molecule is CCC(NC(=O)c1cc(-c2cccs2)on1)c1ccc(OC)cc1. The number of carbonyl (C=O) groups excluding carboxylic acids is 1. The molecular weight excluding hydrogens is 324 g/mol. The zero-order chi connectivity index (χ0) is 16.9. The second-order valence-electron chi connectivity index (χ2n) is 5.26. The maximum atomic E-state index is 12.4. The van der Waals surface area contributed by atoms with Gasteiger partial charge >= 0.3 is 0 Å². The summed E-state index contributed by atoms with van der Waals surface area (Å²) in [5, 5.41) is 8.83. The molecule has 0 radical (unpaired) electrons. The standard InChI is InChI=1S/C18H18N2O3S/c1-3-14(12-6-8-13(22-2)9-7-12)19-18(21)15-11-16(23-20-15)17-5-4-10-24-17/h4-11,14H,3H2,1-2H3,(H,19,21). The van der Waals surface area contributed by atoms with Crippen LogP contribution in [0.15, 0.2) is 52.4 Å². The molecule has 3 rings (SSSR count). The lowest BCUT2D eigenvalue weighted by atomic mass is 10.0. The molecule has 1 unspecified atom stereocenters. The Morgan fingerprint density at radius 2 is 2.12 bits per heavy atom. The van der Waals surface area contributed by atoms with Crippen LogP contribution in [-0.4, -0.2) is 18.2 Å². The van der Waals surface area contributed by atoms with E-state index in [0.29, 0.717) is 5.76 Å². The molecule has 1 atom stereocenters. The monoisotopic (exact) mass is 342 g/mol. The van der Waals surface area contributed by atoms with Crippen LogP contribution in [0.1, 0.15) is 35.4 Å². The van der Waals surface area contributed by atoms with E-state index in [4.69, 9.17) is 9.26 Å². The molecule has 0 fully saturated rings. The molecule has 1 aromatic carbocycles. The van der Waals surface area contributed by atoms with E-state index < -0.39 is 0 Å². The molecule has 1 N–H and O–H groups in total. The first-order valence-corrected chi connectivity index (χ1v) is 8.54. The molecule has 0 aliphatic rings. The summed E-state index contributed by atoms with van der Waals surface area (Å²) >= 11 is 1.54. The molecule has 2 aromatic heterocycles. The van der Waals surface area contributed by atoms with Crippen molar-refractivity contribution in [2.75, 3.05) is 7.11 Å². The second-order valence-corrected chi connectivity index (χ2v) is 6.21. The van der Waals surface area contributed by atoms with E-state index in [9.17, 15) is 4.79 Å². The Labute approximate surface area is 144 Å². The van der Waals surface area contributed by atoms with E-state index in [-0.39, 0.29) is 17.6 Å². The van der Waals surface area contributed by atoms with E-state index >= 15 is 0 Å². The molecule has 2 heterocycles. The summed E-state index contributed by atoms with van der Waals surface area (Å²) in [6.45, 7) is 2.02. The third-order valence-electron chi connectivity index (χ3n) is 3.74. The molecule has 0 aliphatic carbocycles. The molecule has 0 aliphatic heterocycles. The van der Waals surface area contributed by atoms with Crippen molar-refractivity contribution in [3.63, 3.8) is 0 Å². The summed E-state index contributed by atoms with van der Waals surface area (Å²) in [5.41, 5.74) is 1.30. The number of benzene rings is 1. The number of aromatic nitrogens is 1. The zero-order valence-corrected chi connectivity index (χ0v) is 14.3. The number of hydrogen-bond donors (Lipinski definition) is 1. The van der Waals surface area contributed by atoms with Gasteiger partial charge in [-0.25, -0.2) is 0 Å². The maximum Gasteiger partial charge on any atom is 0.273 e. The first-order valence-electron chi connectivity index (χ1n) is 7.66. The van der Waals surface area contributed by atoms with Gasteiger partial charge in [0.15, 0.2) is 11.5 Å². The van der Waals surface area contributed by atoms with Crippen LogP contribution >= 0.6 is 11.3 Å². The van der Waals surface area contributed by atoms with Crippen molar-refractivity contribution in [1.82, 2.24) is 10.5 Å². The molecule has 0 saturated carbocycles. The van der Waals surface area contributed by atoms with Gasteiger partial charge in [0, 0.05) is 6.07 Å². The van der Waals surface area contributed by atoms with Gasteiger partial charge in [0.25, 0.3) is 5.91 Å². The maximum absolute atomic E-state index is 12.4. The summed E-state index contributed by atoms with van der Waals surface area (Å²) in [7, 11) is 1.63. The van der Waals surface area contributed by atoms with E-state index in [2.05, 4.69) is 10.5 Å². The van der Waals surface area contributed by atoms with Crippen LogP contribution in [0.3, 0.4) is 0 Å². The fourth-order valence-electron chi connectivity index (χ4n) is 2.41. The Balaban J connectivity index is 1.72. The van der Waals surface area contributed by atoms with Crippen LogP contribution < -0.4 is 10.1 Å². The number of hydrogen-bond acceptors (Lipinski definition) is 5. The van der Waals surface area contributed by atoms with Crippen molar-refractivity contribution in [1.29, 1.82) is 0 Å². The number of methoxy groups -OCH3 is 1. The number of nitrogens with one attached hydrogen (secondary N) is 1. The number of nitrogens with zero attached hydrogens (tertiary/aromatic N) is 1. The zero-order valence-electron chi connectivity index (χ0n) is 13.5. The van der Waals surface area contributed by atoms with Gasteiger partial charge in [0.05, 0.1) is 18.0 Å². The third-order valence-corrected chi connectivity index (χ3v) is 4.62. The average molecular weight is 342 g/mol. The quantitative estimate of drug-likeness (QED) is 0.726. The fraction of sp³-hybridized carbons (Fsp3) is 0.222. The van der Waals surface area contributed by atoms with E-state index in [1.807, 2.05) is 48.7 Å². The number of ether oxygens (including phenoxy) is 1.